The summed E-state index contributed by atoms with van der Waals surface area (Å²) in [7, 11) is 0. The monoisotopic (exact) mass is 384 g/mol. The summed E-state index contributed by atoms with van der Waals surface area (Å²) in [6.07, 6.45) is 0.751. The molecule has 0 fully saturated rings. The van der Waals surface area contributed by atoms with Gasteiger partial charge in [-0.3, -0.25) is 4.79 Å². The molecule has 0 saturated heterocycles. The number of carbonyl (C=O) groups excluding carboxylic acids is 1. The van der Waals surface area contributed by atoms with Crippen molar-refractivity contribution in [3.8, 4) is 5.95 Å². The number of benzene rings is 1. The van der Waals surface area contributed by atoms with Gasteiger partial charge in [0.2, 0.25) is 6.61 Å². The van der Waals surface area contributed by atoms with Crippen LogP contribution in [0.25, 0.3) is 16.9 Å². The first-order valence-corrected chi connectivity index (χ1v) is 9.27. The van der Waals surface area contributed by atoms with Gasteiger partial charge >= 0.3 is 5.97 Å². The molecule has 28 heavy (non-hydrogen) atoms. The zero-order chi connectivity index (χ0) is 20.3. The lowest BCUT2D eigenvalue weighted by molar-refractivity contribution is -0.148. The van der Waals surface area contributed by atoms with E-state index in [9.17, 15) is 9.59 Å². The Bertz CT molecular complexity index is 1050. The average molecular weight is 384 g/mol. The molecule has 0 aliphatic heterocycles. The fourth-order valence-corrected chi connectivity index (χ4v) is 2.96. The Morgan fingerprint density at radius 1 is 1.25 bits per heavy atom. The van der Waals surface area contributed by atoms with Gasteiger partial charge in [0.1, 0.15) is 0 Å². The van der Waals surface area contributed by atoms with Gasteiger partial charge in [0, 0.05) is 5.69 Å². The van der Waals surface area contributed by atoms with Crippen LogP contribution < -0.4 is 10.4 Å². The molecule has 0 spiro atoms. The molecule has 3 aromatic rings. The van der Waals surface area contributed by atoms with E-state index in [0.29, 0.717) is 16.8 Å². The van der Waals surface area contributed by atoms with Crippen LogP contribution in [0.15, 0.2) is 35.1 Å². The molecule has 0 radical (unpaired) electrons. The fraction of sp³-hybridized carbons (Fsp3) is 0.400. The summed E-state index contributed by atoms with van der Waals surface area (Å²) in [5, 5.41) is 4.90. The minimum Gasteiger partial charge on any atom is -0.463 e. The standard InChI is InChI=1S/C20H24N4O4/c1-5-27-18(25)12-28-24-19(26)16-8-6-7-9-17(16)21-20(24)23-15(10-13(2)3)11-14(4)22-23/h6-9,11,13H,5,10,12H2,1-4H3. The molecule has 0 saturated carbocycles. The van der Waals surface area contributed by atoms with Crippen LogP contribution in [0.4, 0.5) is 0 Å². The van der Waals surface area contributed by atoms with Crippen LogP contribution >= 0.6 is 0 Å². The van der Waals surface area contributed by atoms with E-state index >= 15 is 0 Å². The van der Waals surface area contributed by atoms with Crippen LogP contribution in [0.1, 0.15) is 32.2 Å². The van der Waals surface area contributed by atoms with Gasteiger partial charge in [-0.25, -0.2) is 14.5 Å². The van der Waals surface area contributed by atoms with Gasteiger partial charge in [-0.2, -0.15) is 5.10 Å². The highest BCUT2D eigenvalue weighted by Crippen LogP contribution is 2.16. The van der Waals surface area contributed by atoms with Crippen molar-refractivity contribution in [3.05, 3.63) is 52.1 Å². The molecule has 8 heteroatoms. The van der Waals surface area contributed by atoms with E-state index in [1.807, 2.05) is 19.1 Å². The molecule has 8 nitrogen and oxygen atoms in total. The minimum atomic E-state index is -0.562. The normalized spacial score (nSPS) is 11.2. The van der Waals surface area contributed by atoms with Crippen molar-refractivity contribution in [2.45, 2.75) is 34.1 Å². The number of esters is 1. The summed E-state index contributed by atoms with van der Waals surface area (Å²) < 4.78 is 7.52. The van der Waals surface area contributed by atoms with Gasteiger partial charge < -0.3 is 9.57 Å². The van der Waals surface area contributed by atoms with E-state index in [0.717, 1.165) is 22.5 Å². The number of ether oxygens (including phenoxy) is 1. The van der Waals surface area contributed by atoms with E-state index in [-0.39, 0.29) is 12.6 Å². The van der Waals surface area contributed by atoms with Crippen molar-refractivity contribution >= 4 is 16.9 Å². The third-order valence-electron chi connectivity index (χ3n) is 4.05. The highest BCUT2D eigenvalue weighted by Gasteiger charge is 2.19. The van der Waals surface area contributed by atoms with E-state index in [4.69, 9.17) is 9.57 Å². The lowest BCUT2D eigenvalue weighted by Crippen LogP contribution is -2.35. The molecule has 0 aliphatic carbocycles. The topological polar surface area (TPSA) is 88.2 Å². The van der Waals surface area contributed by atoms with Crippen LogP contribution in [0, 0.1) is 12.8 Å². The van der Waals surface area contributed by atoms with Crippen LogP contribution in [0.5, 0.6) is 0 Å². The highest BCUT2D eigenvalue weighted by molar-refractivity contribution is 5.78. The molecule has 2 heterocycles. The zero-order valence-electron chi connectivity index (χ0n) is 16.5. The number of hydrogen-bond acceptors (Lipinski definition) is 6. The van der Waals surface area contributed by atoms with Gasteiger partial charge in [-0.1, -0.05) is 26.0 Å². The first kappa shape index (κ1) is 19.6. The predicted molar refractivity (Wildman–Crippen MR) is 104 cm³/mol. The van der Waals surface area contributed by atoms with Crippen LogP contribution in [0.3, 0.4) is 0 Å². The molecule has 1 aromatic carbocycles. The maximum Gasteiger partial charge on any atom is 0.346 e. The average Bonchev–Trinajstić information content (AvgIpc) is 3.00. The van der Waals surface area contributed by atoms with Crippen molar-refractivity contribution < 1.29 is 14.4 Å². The molecule has 148 valence electrons. The minimum absolute atomic E-state index is 0.205. The van der Waals surface area contributed by atoms with Gasteiger partial charge in [-0.05, 0) is 44.4 Å². The van der Waals surface area contributed by atoms with E-state index in [1.54, 1.807) is 29.8 Å². The number of aryl methyl sites for hydroxylation is 1. The molecule has 0 aliphatic rings. The third kappa shape index (κ3) is 4.05. The summed E-state index contributed by atoms with van der Waals surface area (Å²) >= 11 is 0. The smallest absolute Gasteiger partial charge is 0.346 e. The maximum atomic E-state index is 13.0. The first-order chi connectivity index (χ1) is 13.4. The van der Waals surface area contributed by atoms with Crippen molar-refractivity contribution in [1.82, 2.24) is 19.5 Å². The van der Waals surface area contributed by atoms with Gasteiger partial charge in [0.05, 0.1) is 23.2 Å². The number of nitrogens with zero attached hydrogens (tertiary/aromatic N) is 4. The first-order valence-electron chi connectivity index (χ1n) is 9.27. The van der Waals surface area contributed by atoms with Crippen molar-refractivity contribution in [2.24, 2.45) is 5.92 Å². The van der Waals surface area contributed by atoms with Crippen molar-refractivity contribution in [3.63, 3.8) is 0 Å². The number of rotatable bonds is 7. The Hall–Kier alpha value is -3.16. The Morgan fingerprint density at radius 2 is 2.00 bits per heavy atom. The SMILES string of the molecule is CCOC(=O)COn1c(-n2nc(C)cc2CC(C)C)nc2ccccc2c1=O. The second-order valence-corrected chi connectivity index (χ2v) is 6.89. The van der Waals surface area contributed by atoms with Crippen molar-refractivity contribution in [1.29, 1.82) is 0 Å². The number of fused-ring (bicyclic) bond motifs is 1. The van der Waals surface area contributed by atoms with Crippen LogP contribution in [0.2, 0.25) is 0 Å². The Balaban J connectivity index is 2.16. The molecule has 3 rings (SSSR count). The Labute approximate surface area is 162 Å². The van der Waals surface area contributed by atoms with E-state index in [2.05, 4.69) is 23.9 Å². The van der Waals surface area contributed by atoms with Crippen LogP contribution in [-0.2, 0) is 16.0 Å². The molecule has 2 aromatic heterocycles. The van der Waals surface area contributed by atoms with Crippen molar-refractivity contribution in [2.75, 3.05) is 13.2 Å². The van der Waals surface area contributed by atoms with E-state index < -0.39 is 18.1 Å². The summed E-state index contributed by atoms with van der Waals surface area (Å²) in [5.41, 5.74) is 1.83. The molecule has 0 amide bonds. The summed E-state index contributed by atoms with van der Waals surface area (Å²) in [6, 6.07) is 8.95. The quantitative estimate of drug-likeness (QED) is 0.580. The number of carbonyl (C=O) groups is 1. The lowest BCUT2D eigenvalue weighted by Gasteiger charge is -2.15. The largest absolute Gasteiger partial charge is 0.463 e. The predicted octanol–water partition coefficient (Wildman–Crippen LogP) is 2.08. The molecule has 0 bridgehead atoms. The summed E-state index contributed by atoms with van der Waals surface area (Å²) in [6.45, 7) is 7.62. The number of hydrogen-bond donors (Lipinski definition) is 0. The lowest BCUT2D eigenvalue weighted by atomic mass is 10.1. The van der Waals surface area contributed by atoms with Crippen LogP contribution in [-0.4, -0.2) is 38.7 Å². The summed E-state index contributed by atoms with van der Waals surface area (Å²) in [5.74, 6) is 0.0280. The molecule has 0 N–H and O–H groups in total. The number of para-hydroxylation sites is 1. The second kappa shape index (κ2) is 8.24. The molecular formula is C20H24N4O4. The van der Waals surface area contributed by atoms with Gasteiger partial charge in [-0.15, -0.1) is 4.73 Å². The molecule has 0 atom stereocenters. The molecule has 0 unspecified atom stereocenters. The highest BCUT2D eigenvalue weighted by atomic mass is 16.7. The fourth-order valence-electron chi connectivity index (χ4n) is 2.96. The zero-order valence-corrected chi connectivity index (χ0v) is 16.5. The Kier molecular flexibility index (Phi) is 5.77. The summed E-state index contributed by atoms with van der Waals surface area (Å²) in [4.78, 5) is 34.9. The van der Waals surface area contributed by atoms with Gasteiger partial charge in [0.25, 0.3) is 11.5 Å². The maximum absolute atomic E-state index is 13.0. The number of aromatic nitrogens is 4. The molecular weight excluding hydrogens is 360 g/mol. The second-order valence-electron chi connectivity index (χ2n) is 6.89. The van der Waals surface area contributed by atoms with E-state index in [1.165, 1.54) is 0 Å². The third-order valence-corrected chi connectivity index (χ3v) is 4.05. The Morgan fingerprint density at radius 3 is 2.71 bits per heavy atom. The van der Waals surface area contributed by atoms with Gasteiger partial charge in [0.15, 0.2) is 0 Å².